The molecular weight excluding hydrogens is 366 g/mol. The summed E-state index contributed by atoms with van der Waals surface area (Å²) < 4.78 is 10.8. The Balaban J connectivity index is 2.03. The van der Waals surface area contributed by atoms with Gasteiger partial charge in [0.2, 0.25) is 0 Å². The van der Waals surface area contributed by atoms with Crippen LogP contribution in [-0.4, -0.2) is 25.1 Å². The second kappa shape index (κ2) is 9.55. The van der Waals surface area contributed by atoms with Crippen molar-refractivity contribution in [3.8, 4) is 5.75 Å². The van der Waals surface area contributed by atoms with Crippen molar-refractivity contribution in [2.45, 2.75) is 13.8 Å². The van der Waals surface area contributed by atoms with Crippen LogP contribution in [0.1, 0.15) is 29.8 Å². The maximum Gasteiger partial charge on any atom is 0.354 e. The zero-order chi connectivity index (χ0) is 20.6. The first-order valence-electron chi connectivity index (χ1n) is 9.53. The standard InChI is InChI=1S/C24H23NO4/c1-3-28-22-15-14-18(19-12-8-9-13-20(19)22)16-21(24(27)29-4-2)25-23(26)17-10-6-5-7-11-17/h5-16H,3-4H2,1-2H3,(H,25,26)/b21-16+. The van der Waals surface area contributed by atoms with Crippen LogP contribution < -0.4 is 10.1 Å². The molecule has 0 aromatic heterocycles. The molecule has 0 radical (unpaired) electrons. The van der Waals surface area contributed by atoms with E-state index in [1.807, 2.05) is 49.4 Å². The summed E-state index contributed by atoms with van der Waals surface area (Å²) in [6.07, 6.45) is 1.64. The first kappa shape index (κ1) is 20.1. The summed E-state index contributed by atoms with van der Waals surface area (Å²) in [5.74, 6) is -0.193. The van der Waals surface area contributed by atoms with Crippen LogP contribution in [0.15, 0.2) is 72.4 Å². The average Bonchev–Trinajstić information content (AvgIpc) is 2.75. The normalized spacial score (nSPS) is 11.2. The smallest absolute Gasteiger partial charge is 0.354 e. The van der Waals surface area contributed by atoms with Crippen molar-refractivity contribution in [2.75, 3.05) is 13.2 Å². The zero-order valence-corrected chi connectivity index (χ0v) is 16.5. The highest BCUT2D eigenvalue weighted by Crippen LogP contribution is 2.29. The van der Waals surface area contributed by atoms with Gasteiger partial charge < -0.3 is 14.8 Å². The molecule has 1 amide bonds. The summed E-state index contributed by atoms with van der Waals surface area (Å²) in [4.78, 5) is 25.1. The molecule has 0 saturated heterocycles. The highest BCUT2D eigenvalue weighted by molar-refractivity contribution is 6.05. The summed E-state index contributed by atoms with van der Waals surface area (Å²) in [7, 11) is 0. The van der Waals surface area contributed by atoms with Crippen molar-refractivity contribution in [3.63, 3.8) is 0 Å². The van der Waals surface area contributed by atoms with Crippen LogP contribution in [0.3, 0.4) is 0 Å². The molecule has 0 unspecified atom stereocenters. The van der Waals surface area contributed by atoms with E-state index in [2.05, 4.69) is 5.32 Å². The molecule has 0 spiro atoms. The lowest BCUT2D eigenvalue weighted by Gasteiger charge is -2.12. The molecule has 3 rings (SSSR count). The van der Waals surface area contributed by atoms with Gasteiger partial charge in [-0.05, 0) is 49.1 Å². The number of carbonyl (C=O) groups excluding carboxylic acids is 2. The number of carbonyl (C=O) groups is 2. The SMILES string of the molecule is CCOC(=O)/C(=C\c1ccc(OCC)c2ccccc12)NC(=O)c1ccccc1. The van der Waals surface area contributed by atoms with Crippen molar-refractivity contribution in [3.05, 3.63) is 83.6 Å². The van der Waals surface area contributed by atoms with Crippen LogP contribution in [0, 0.1) is 0 Å². The van der Waals surface area contributed by atoms with Gasteiger partial charge in [-0.1, -0.05) is 48.5 Å². The third-order valence-corrected chi connectivity index (χ3v) is 4.30. The number of hydrogen-bond donors (Lipinski definition) is 1. The number of amides is 1. The van der Waals surface area contributed by atoms with E-state index in [0.717, 1.165) is 22.1 Å². The second-order valence-corrected chi connectivity index (χ2v) is 6.23. The van der Waals surface area contributed by atoms with E-state index < -0.39 is 5.97 Å². The van der Waals surface area contributed by atoms with Crippen LogP contribution in [0.4, 0.5) is 0 Å². The van der Waals surface area contributed by atoms with Crippen molar-refractivity contribution < 1.29 is 19.1 Å². The quantitative estimate of drug-likeness (QED) is 0.475. The molecule has 0 aliphatic carbocycles. The van der Waals surface area contributed by atoms with Gasteiger partial charge in [0.05, 0.1) is 13.2 Å². The Morgan fingerprint density at radius 3 is 2.24 bits per heavy atom. The van der Waals surface area contributed by atoms with Crippen LogP contribution in [0.25, 0.3) is 16.8 Å². The number of nitrogens with one attached hydrogen (secondary N) is 1. The van der Waals surface area contributed by atoms with E-state index in [-0.39, 0.29) is 18.2 Å². The number of hydrogen-bond acceptors (Lipinski definition) is 4. The molecule has 0 aliphatic heterocycles. The molecule has 0 heterocycles. The van der Waals surface area contributed by atoms with Gasteiger partial charge in [-0.25, -0.2) is 4.79 Å². The van der Waals surface area contributed by atoms with Crippen molar-refractivity contribution in [1.82, 2.24) is 5.32 Å². The predicted molar refractivity (Wildman–Crippen MR) is 114 cm³/mol. The van der Waals surface area contributed by atoms with E-state index in [4.69, 9.17) is 9.47 Å². The third-order valence-electron chi connectivity index (χ3n) is 4.30. The Labute approximate surface area is 170 Å². The Morgan fingerprint density at radius 1 is 0.862 bits per heavy atom. The summed E-state index contributed by atoms with van der Waals surface area (Å²) in [6.45, 7) is 4.42. The Bertz CT molecular complexity index is 1040. The van der Waals surface area contributed by atoms with Crippen LogP contribution >= 0.6 is 0 Å². The van der Waals surface area contributed by atoms with Gasteiger partial charge in [0.1, 0.15) is 11.4 Å². The molecule has 0 atom stereocenters. The van der Waals surface area contributed by atoms with E-state index in [0.29, 0.717) is 12.2 Å². The van der Waals surface area contributed by atoms with Crippen LogP contribution in [0.2, 0.25) is 0 Å². The fourth-order valence-corrected chi connectivity index (χ4v) is 3.00. The van der Waals surface area contributed by atoms with Crippen molar-refractivity contribution in [2.24, 2.45) is 0 Å². The Kier molecular flexibility index (Phi) is 6.63. The van der Waals surface area contributed by atoms with E-state index in [1.165, 1.54) is 0 Å². The summed E-state index contributed by atoms with van der Waals surface area (Å²) in [6, 6.07) is 20.2. The summed E-state index contributed by atoms with van der Waals surface area (Å²) in [5, 5.41) is 4.53. The van der Waals surface area contributed by atoms with Crippen LogP contribution in [-0.2, 0) is 9.53 Å². The Hall–Kier alpha value is -3.60. The van der Waals surface area contributed by atoms with Crippen molar-refractivity contribution in [1.29, 1.82) is 0 Å². The average molecular weight is 389 g/mol. The first-order valence-corrected chi connectivity index (χ1v) is 9.53. The molecule has 3 aromatic carbocycles. The second-order valence-electron chi connectivity index (χ2n) is 6.23. The molecule has 5 nitrogen and oxygen atoms in total. The van der Waals surface area contributed by atoms with E-state index in [1.54, 1.807) is 37.3 Å². The highest BCUT2D eigenvalue weighted by Gasteiger charge is 2.16. The van der Waals surface area contributed by atoms with Gasteiger partial charge in [0, 0.05) is 10.9 Å². The fraction of sp³-hybridized carbons (Fsp3) is 0.167. The maximum absolute atomic E-state index is 12.6. The van der Waals surface area contributed by atoms with Gasteiger partial charge in [0.15, 0.2) is 0 Å². The third kappa shape index (κ3) is 4.82. The lowest BCUT2D eigenvalue weighted by molar-refractivity contribution is -0.138. The van der Waals surface area contributed by atoms with Gasteiger partial charge in [0.25, 0.3) is 5.91 Å². The minimum absolute atomic E-state index is 0.0787. The minimum atomic E-state index is -0.588. The van der Waals surface area contributed by atoms with Gasteiger partial charge in [-0.15, -0.1) is 0 Å². The number of benzene rings is 3. The molecule has 29 heavy (non-hydrogen) atoms. The fourth-order valence-electron chi connectivity index (χ4n) is 3.00. The van der Waals surface area contributed by atoms with Gasteiger partial charge in [-0.2, -0.15) is 0 Å². The lowest BCUT2D eigenvalue weighted by atomic mass is 10.0. The highest BCUT2D eigenvalue weighted by atomic mass is 16.5. The lowest BCUT2D eigenvalue weighted by Crippen LogP contribution is -2.28. The molecule has 0 bridgehead atoms. The van der Waals surface area contributed by atoms with Crippen molar-refractivity contribution >= 4 is 28.7 Å². The topological polar surface area (TPSA) is 64.6 Å². The van der Waals surface area contributed by atoms with Gasteiger partial charge >= 0.3 is 5.97 Å². The largest absolute Gasteiger partial charge is 0.493 e. The van der Waals surface area contributed by atoms with Gasteiger partial charge in [-0.3, -0.25) is 4.79 Å². The summed E-state index contributed by atoms with van der Waals surface area (Å²) in [5.41, 5.74) is 1.31. The minimum Gasteiger partial charge on any atom is -0.493 e. The molecule has 0 saturated carbocycles. The molecule has 0 fully saturated rings. The number of fused-ring (bicyclic) bond motifs is 1. The molecule has 3 aromatic rings. The van der Waals surface area contributed by atoms with E-state index in [9.17, 15) is 9.59 Å². The molecule has 5 heteroatoms. The summed E-state index contributed by atoms with van der Waals surface area (Å²) >= 11 is 0. The number of rotatable bonds is 7. The Morgan fingerprint density at radius 2 is 1.55 bits per heavy atom. The van der Waals surface area contributed by atoms with Crippen LogP contribution in [0.5, 0.6) is 5.75 Å². The predicted octanol–water partition coefficient (Wildman–Crippen LogP) is 4.57. The molecular formula is C24H23NO4. The molecule has 148 valence electrons. The number of ether oxygens (including phenoxy) is 2. The zero-order valence-electron chi connectivity index (χ0n) is 16.5. The molecule has 0 aliphatic rings. The maximum atomic E-state index is 12.6. The molecule has 1 N–H and O–H groups in total. The number of esters is 1. The van der Waals surface area contributed by atoms with E-state index >= 15 is 0 Å². The first-order chi connectivity index (χ1) is 14.1. The monoisotopic (exact) mass is 389 g/mol.